The van der Waals surface area contributed by atoms with E-state index in [4.69, 9.17) is 0 Å². The van der Waals surface area contributed by atoms with Gasteiger partial charge in [-0.1, -0.05) is 57.0 Å². The largest absolute Gasteiger partial charge is 0.342 e. The van der Waals surface area contributed by atoms with Crippen molar-refractivity contribution in [2.75, 3.05) is 11.9 Å². The third kappa shape index (κ3) is 6.44. The van der Waals surface area contributed by atoms with E-state index >= 15 is 0 Å². The van der Waals surface area contributed by atoms with E-state index in [0.717, 1.165) is 47.3 Å². The summed E-state index contributed by atoms with van der Waals surface area (Å²) in [5, 5.41) is 4.68. The Bertz CT molecular complexity index is 1160. The van der Waals surface area contributed by atoms with Crippen molar-refractivity contribution in [2.24, 2.45) is 5.92 Å². The third-order valence-corrected chi connectivity index (χ3v) is 6.78. The Hall–Kier alpha value is -3.28. The summed E-state index contributed by atoms with van der Waals surface area (Å²) in [4.78, 5) is 25.1. The number of nitrogens with one attached hydrogen (secondary N) is 1. The number of rotatable bonds is 6. The number of likely N-dealkylation sites (tertiary alicyclic amines) is 1. The SMILES string of the molecule is CCCC1C(CC)CCCN1C=O.Cc1ccc(NC(=O)c2ccc(F)c(F)c2)c2ccccc12. The number of fused-ring (bicyclic) bond motifs is 1. The molecule has 4 rings (SSSR count). The molecule has 1 N–H and O–H groups in total. The molecule has 3 aromatic rings. The molecule has 0 radical (unpaired) electrons. The maximum atomic E-state index is 13.2. The van der Waals surface area contributed by atoms with Gasteiger partial charge >= 0.3 is 0 Å². The topological polar surface area (TPSA) is 49.4 Å². The van der Waals surface area contributed by atoms with Gasteiger partial charge in [0, 0.05) is 29.2 Å². The lowest BCUT2D eigenvalue weighted by Crippen LogP contribution is -2.44. The number of hydrogen-bond donors (Lipinski definition) is 1. The van der Waals surface area contributed by atoms with Gasteiger partial charge in [0.15, 0.2) is 11.6 Å². The third-order valence-electron chi connectivity index (χ3n) is 6.78. The van der Waals surface area contributed by atoms with E-state index in [9.17, 15) is 18.4 Å². The first-order chi connectivity index (χ1) is 16.9. The molecule has 3 aromatic carbocycles. The summed E-state index contributed by atoms with van der Waals surface area (Å²) in [6, 6.07) is 15.0. The summed E-state index contributed by atoms with van der Waals surface area (Å²) in [5.41, 5.74) is 1.81. The Kier molecular flexibility index (Phi) is 9.35. The molecule has 0 bridgehead atoms. The molecule has 1 aliphatic rings. The zero-order chi connectivity index (χ0) is 25.4. The van der Waals surface area contributed by atoms with Crippen molar-refractivity contribution in [3.63, 3.8) is 0 Å². The van der Waals surface area contributed by atoms with Crippen molar-refractivity contribution in [2.45, 2.75) is 58.9 Å². The van der Waals surface area contributed by atoms with E-state index in [0.29, 0.717) is 11.7 Å². The monoisotopic (exact) mass is 480 g/mol. The van der Waals surface area contributed by atoms with Gasteiger partial charge in [0.05, 0.1) is 0 Å². The van der Waals surface area contributed by atoms with Gasteiger partial charge in [-0.25, -0.2) is 8.78 Å². The molecule has 2 atom stereocenters. The van der Waals surface area contributed by atoms with Crippen LogP contribution in [0.3, 0.4) is 0 Å². The van der Waals surface area contributed by atoms with Crippen LogP contribution in [0.1, 0.15) is 61.9 Å². The number of amides is 2. The molecule has 1 fully saturated rings. The Morgan fingerprint density at radius 2 is 1.80 bits per heavy atom. The van der Waals surface area contributed by atoms with Crippen molar-refractivity contribution in [1.29, 1.82) is 0 Å². The molecule has 0 spiro atoms. The molecule has 186 valence electrons. The number of aryl methyl sites for hydroxylation is 1. The number of anilines is 1. The zero-order valence-corrected chi connectivity index (χ0v) is 20.7. The number of carbonyl (C=O) groups excluding carboxylic acids is 2. The molecule has 4 nitrogen and oxygen atoms in total. The first kappa shape index (κ1) is 26.3. The molecule has 2 amide bonds. The van der Waals surface area contributed by atoms with Gasteiger partial charge in [-0.3, -0.25) is 9.59 Å². The summed E-state index contributed by atoms with van der Waals surface area (Å²) < 4.78 is 26.2. The number of halogens is 2. The van der Waals surface area contributed by atoms with Crippen LogP contribution in [0.5, 0.6) is 0 Å². The highest BCUT2D eigenvalue weighted by Crippen LogP contribution is 2.28. The van der Waals surface area contributed by atoms with Crippen LogP contribution >= 0.6 is 0 Å². The van der Waals surface area contributed by atoms with Crippen molar-refractivity contribution in [1.82, 2.24) is 4.90 Å². The Balaban J connectivity index is 0.000000225. The van der Waals surface area contributed by atoms with Crippen molar-refractivity contribution in [3.8, 4) is 0 Å². The molecule has 0 saturated carbocycles. The van der Waals surface area contributed by atoms with Crippen LogP contribution in [0.4, 0.5) is 14.5 Å². The van der Waals surface area contributed by atoms with E-state index in [2.05, 4.69) is 19.2 Å². The fraction of sp³-hybridized carbons (Fsp3) is 0.379. The highest BCUT2D eigenvalue weighted by molar-refractivity contribution is 6.09. The lowest BCUT2D eigenvalue weighted by molar-refractivity contribution is -0.123. The lowest BCUT2D eigenvalue weighted by Gasteiger charge is -2.39. The van der Waals surface area contributed by atoms with E-state index in [1.54, 1.807) is 6.07 Å². The summed E-state index contributed by atoms with van der Waals surface area (Å²) in [5.74, 6) is -1.74. The van der Waals surface area contributed by atoms with Crippen LogP contribution in [0.2, 0.25) is 0 Å². The highest BCUT2D eigenvalue weighted by Gasteiger charge is 2.28. The predicted octanol–water partition coefficient (Wildman–Crippen LogP) is 7.11. The number of piperidine rings is 1. The molecule has 2 unspecified atom stereocenters. The fourth-order valence-corrected chi connectivity index (χ4v) is 4.86. The normalized spacial score (nSPS) is 17.5. The molecule has 1 heterocycles. The van der Waals surface area contributed by atoms with Gasteiger partial charge in [0.25, 0.3) is 5.91 Å². The molecular formula is C29H34F2N2O2. The minimum absolute atomic E-state index is 0.0727. The second kappa shape index (κ2) is 12.4. The molecule has 0 aromatic heterocycles. The Morgan fingerprint density at radius 1 is 1.06 bits per heavy atom. The van der Waals surface area contributed by atoms with Gasteiger partial charge in [-0.2, -0.15) is 0 Å². The number of hydrogen-bond acceptors (Lipinski definition) is 2. The number of benzene rings is 3. The van der Waals surface area contributed by atoms with Crippen LogP contribution in [-0.4, -0.2) is 29.8 Å². The standard InChI is InChI=1S/C18H13F2NO.C11H21NO/c1-11-6-9-17(14-5-3-2-4-13(11)14)21-18(22)12-7-8-15(19)16(20)10-12;1-3-6-11-10(4-2)7-5-8-12(11)9-13/h2-10H,1H3,(H,21,22);9-11H,3-8H2,1-2H3. The fourth-order valence-electron chi connectivity index (χ4n) is 4.86. The molecular weight excluding hydrogens is 446 g/mol. The highest BCUT2D eigenvalue weighted by atomic mass is 19.2. The zero-order valence-electron chi connectivity index (χ0n) is 20.7. The van der Waals surface area contributed by atoms with E-state index < -0.39 is 17.5 Å². The maximum Gasteiger partial charge on any atom is 0.255 e. The molecule has 1 aliphatic heterocycles. The lowest BCUT2D eigenvalue weighted by atomic mass is 9.85. The smallest absolute Gasteiger partial charge is 0.255 e. The Labute approximate surface area is 206 Å². The summed E-state index contributed by atoms with van der Waals surface area (Å²) in [6.45, 7) is 7.40. The van der Waals surface area contributed by atoms with Crippen molar-refractivity contribution < 1.29 is 18.4 Å². The average Bonchev–Trinajstić information content (AvgIpc) is 2.88. The van der Waals surface area contributed by atoms with Crippen LogP contribution in [0, 0.1) is 24.5 Å². The first-order valence-electron chi connectivity index (χ1n) is 12.3. The molecule has 1 saturated heterocycles. The number of carbonyl (C=O) groups is 2. The summed E-state index contributed by atoms with van der Waals surface area (Å²) >= 11 is 0. The molecule has 6 heteroatoms. The van der Waals surface area contributed by atoms with Crippen molar-refractivity contribution >= 4 is 28.8 Å². The second-order valence-electron chi connectivity index (χ2n) is 9.07. The first-order valence-corrected chi connectivity index (χ1v) is 12.3. The van der Waals surface area contributed by atoms with Crippen LogP contribution in [0.25, 0.3) is 10.8 Å². The summed E-state index contributed by atoms with van der Waals surface area (Å²) in [6.07, 6.45) is 7.13. The summed E-state index contributed by atoms with van der Waals surface area (Å²) in [7, 11) is 0. The molecule has 35 heavy (non-hydrogen) atoms. The minimum Gasteiger partial charge on any atom is -0.342 e. The van der Waals surface area contributed by atoms with Gasteiger partial charge in [-0.05, 0) is 67.3 Å². The van der Waals surface area contributed by atoms with Gasteiger partial charge in [0.1, 0.15) is 0 Å². The van der Waals surface area contributed by atoms with Gasteiger partial charge in [-0.15, -0.1) is 0 Å². The average molecular weight is 481 g/mol. The van der Waals surface area contributed by atoms with E-state index in [1.165, 1.54) is 38.2 Å². The quantitative estimate of drug-likeness (QED) is 0.382. The van der Waals surface area contributed by atoms with Crippen LogP contribution < -0.4 is 5.32 Å². The van der Waals surface area contributed by atoms with E-state index in [-0.39, 0.29) is 5.56 Å². The van der Waals surface area contributed by atoms with Gasteiger partial charge < -0.3 is 10.2 Å². The number of nitrogens with zero attached hydrogens (tertiary/aromatic N) is 1. The van der Waals surface area contributed by atoms with Gasteiger partial charge in [0.2, 0.25) is 6.41 Å². The Morgan fingerprint density at radius 3 is 2.46 bits per heavy atom. The minimum atomic E-state index is -1.04. The molecule has 0 aliphatic carbocycles. The maximum absolute atomic E-state index is 13.2. The van der Waals surface area contributed by atoms with Crippen LogP contribution in [-0.2, 0) is 4.79 Å². The second-order valence-corrected chi connectivity index (χ2v) is 9.07. The van der Waals surface area contributed by atoms with E-state index in [1.807, 2.05) is 42.2 Å². The van der Waals surface area contributed by atoms with Crippen LogP contribution in [0.15, 0.2) is 54.6 Å². The predicted molar refractivity (Wildman–Crippen MR) is 137 cm³/mol. The van der Waals surface area contributed by atoms with Crippen molar-refractivity contribution in [3.05, 3.63) is 77.4 Å².